The number of benzene rings is 2. The Morgan fingerprint density at radius 2 is 1.88 bits per heavy atom. The van der Waals surface area contributed by atoms with Crippen molar-refractivity contribution in [3.63, 3.8) is 0 Å². The zero-order valence-electron chi connectivity index (χ0n) is 13.4. The molecule has 3 heteroatoms. The molecule has 2 aliphatic rings. The predicted molar refractivity (Wildman–Crippen MR) is 96.7 cm³/mol. The number of rotatable bonds is 2. The molecule has 0 atom stereocenters. The largest absolute Gasteiger partial charge is 0.396 e. The van der Waals surface area contributed by atoms with E-state index >= 15 is 0 Å². The van der Waals surface area contributed by atoms with Crippen LogP contribution in [0.4, 0.5) is 10.1 Å². The summed E-state index contributed by atoms with van der Waals surface area (Å²) in [5, 5.41) is 12.7. The molecular formula is C21H18FNO. The molecule has 0 unspecified atom stereocenters. The van der Waals surface area contributed by atoms with E-state index in [9.17, 15) is 9.50 Å². The lowest BCUT2D eigenvalue weighted by molar-refractivity contribution is 0.305. The number of halogens is 1. The molecule has 2 aromatic rings. The molecule has 24 heavy (non-hydrogen) atoms. The Morgan fingerprint density at radius 1 is 1.04 bits per heavy atom. The van der Waals surface area contributed by atoms with E-state index in [4.69, 9.17) is 0 Å². The van der Waals surface area contributed by atoms with Crippen LogP contribution in [0.5, 0.6) is 0 Å². The quantitative estimate of drug-likeness (QED) is 0.830. The van der Waals surface area contributed by atoms with Crippen LogP contribution in [0.1, 0.15) is 30.0 Å². The third-order valence-corrected chi connectivity index (χ3v) is 4.74. The highest BCUT2D eigenvalue weighted by atomic mass is 19.1. The van der Waals surface area contributed by atoms with Crippen molar-refractivity contribution in [1.82, 2.24) is 0 Å². The summed E-state index contributed by atoms with van der Waals surface area (Å²) in [5.74, 6) is -0.246. The Labute approximate surface area is 140 Å². The first-order valence-corrected chi connectivity index (χ1v) is 8.08. The molecular weight excluding hydrogens is 301 g/mol. The number of aliphatic hydroxyl groups is 1. The molecule has 0 saturated heterocycles. The number of hydrogen-bond acceptors (Lipinski definition) is 2. The Bertz CT molecular complexity index is 921. The van der Waals surface area contributed by atoms with Gasteiger partial charge in [-0.1, -0.05) is 24.3 Å². The number of nitrogens with one attached hydrogen (secondary N) is 1. The average Bonchev–Trinajstić information content (AvgIpc) is 2.86. The van der Waals surface area contributed by atoms with E-state index in [1.54, 1.807) is 6.07 Å². The van der Waals surface area contributed by atoms with E-state index in [0.717, 1.165) is 44.7 Å². The molecule has 1 aliphatic carbocycles. The second-order valence-electron chi connectivity index (χ2n) is 6.08. The van der Waals surface area contributed by atoms with Gasteiger partial charge in [-0.2, -0.15) is 0 Å². The molecule has 0 spiro atoms. The van der Waals surface area contributed by atoms with E-state index < -0.39 is 0 Å². The molecule has 1 aliphatic heterocycles. The molecule has 120 valence electrons. The molecule has 2 N–H and O–H groups in total. The highest BCUT2D eigenvalue weighted by molar-refractivity contribution is 6.12. The van der Waals surface area contributed by atoms with Crippen LogP contribution in [0.25, 0.3) is 16.7 Å². The van der Waals surface area contributed by atoms with Crippen molar-refractivity contribution in [2.24, 2.45) is 0 Å². The first-order chi connectivity index (χ1) is 11.7. The van der Waals surface area contributed by atoms with Gasteiger partial charge in [-0.05, 0) is 71.0 Å². The molecule has 0 aromatic heterocycles. The summed E-state index contributed by atoms with van der Waals surface area (Å²) in [6, 6.07) is 13.1. The normalized spacial score (nSPS) is 18.5. The van der Waals surface area contributed by atoms with Gasteiger partial charge in [0.25, 0.3) is 0 Å². The molecule has 2 aromatic carbocycles. The summed E-state index contributed by atoms with van der Waals surface area (Å²) in [7, 11) is 0. The van der Waals surface area contributed by atoms with Crippen LogP contribution in [0.3, 0.4) is 0 Å². The van der Waals surface area contributed by atoms with E-state index in [0.29, 0.717) is 6.42 Å². The Morgan fingerprint density at radius 3 is 2.71 bits per heavy atom. The van der Waals surface area contributed by atoms with Gasteiger partial charge in [0.05, 0.1) is 0 Å². The maximum absolute atomic E-state index is 13.8. The van der Waals surface area contributed by atoms with Crippen LogP contribution in [-0.4, -0.2) is 11.7 Å². The molecule has 0 fully saturated rings. The first kappa shape index (κ1) is 14.9. The lowest BCUT2D eigenvalue weighted by Gasteiger charge is -2.19. The van der Waals surface area contributed by atoms with Crippen molar-refractivity contribution in [2.45, 2.75) is 13.3 Å². The van der Waals surface area contributed by atoms with Gasteiger partial charge in [-0.15, -0.1) is 0 Å². The zero-order valence-corrected chi connectivity index (χ0v) is 13.4. The number of fused-ring (bicyclic) bond motifs is 2. The molecule has 1 heterocycles. The summed E-state index contributed by atoms with van der Waals surface area (Å²) in [6.07, 6.45) is 4.53. The van der Waals surface area contributed by atoms with Crippen LogP contribution >= 0.6 is 0 Å². The fourth-order valence-corrected chi connectivity index (χ4v) is 3.69. The molecule has 0 bridgehead atoms. The van der Waals surface area contributed by atoms with E-state index in [1.807, 2.05) is 30.5 Å². The van der Waals surface area contributed by atoms with Gasteiger partial charge >= 0.3 is 0 Å². The number of anilines is 1. The van der Waals surface area contributed by atoms with Crippen LogP contribution in [-0.2, 0) is 0 Å². The van der Waals surface area contributed by atoms with Crippen LogP contribution in [0.2, 0.25) is 0 Å². The Hall–Kier alpha value is -2.65. The van der Waals surface area contributed by atoms with Crippen molar-refractivity contribution in [1.29, 1.82) is 0 Å². The SMILES string of the molecule is CC1=C(CCO)c2cc(F)ccc2/C1=C1/C=CNc2ccccc21. The third-order valence-electron chi connectivity index (χ3n) is 4.74. The topological polar surface area (TPSA) is 32.3 Å². The second-order valence-corrected chi connectivity index (χ2v) is 6.08. The van der Waals surface area contributed by atoms with Gasteiger partial charge in [0.1, 0.15) is 5.82 Å². The highest BCUT2D eigenvalue weighted by Crippen LogP contribution is 2.47. The number of para-hydroxylation sites is 1. The van der Waals surface area contributed by atoms with Crippen molar-refractivity contribution in [3.8, 4) is 0 Å². The highest BCUT2D eigenvalue weighted by Gasteiger charge is 2.27. The zero-order chi connectivity index (χ0) is 16.7. The fraction of sp³-hybridized carbons (Fsp3) is 0.143. The van der Waals surface area contributed by atoms with Crippen molar-refractivity contribution in [3.05, 3.63) is 82.8 Å². The molecule has 2 nitrogen and oxygen atoms in total. The standard InChI is InChI=1S/C21H18FNO/c1-13-15(9-11-24)19-12-14(22)6-7-17(19)21(13)18-8-10-23-20-5-3-2-4-16(18)20/h2-8,10,12,23-24H,9,11H2,1H3/b21-18-. The van der Waals surface area contributed by atoms with Gasteiger partial charge in [-0.25, -0.2) is 4.39 Å². The molecule has 0 saturated carbocycles. The van der Waals surface area contributed by atoms with Crippen LogP contribution in [0, 0.1) is 5.82 Å². The molecule has 4 rings (SSSR count). The third kappa shape index (κ3) is 2.21. The first-order valence-electron chi connectivity index (χ1n) is 8.08. The summed E-state index contributed by atoms with van der Waals surface area (Å²) >= 11 is 0. The van der Waals surface area contributed by atoms with Gasteiger partial charge in [0.15, 0.2) is 0 Å². The maximum Gasteiger partial charge on any atom is 0.123 e. The van der Waals surface area contributed by atoms with Crippen molar-refractivity contribution < 1.29 is 9.50 Å². The summed E-state index contributed by atoms with van der Waals surface area (Å²) in [5.41, 5.74) is 8.52. The lowest BCUT2D eigenvalue weighted by atomic mass is 9.90. The minimum absolute atomic E-state index is 0.0548. The van der Waals surface area contributed by atoms with Gasteiger partial charge in [0.2, 0.25) is 0 Å². The van der Waals surface area contributed by atoms with E-state index in [2.05, 4.69) is 24.4 Å². The van der Waals surface area contributed by atoms with Crippen LogP contribution in [0.15, 0.2) is 60.3 Å². The van der Waals surface area contributed by atoms with E-state index in [-0.39, 0.29) is 12.4 Å². The molecule has 0 radical (unpaired) electrons. The summed E-state index contributed by atoms with van der Waals surface area (Å²) in [4.78, 5) is 0. The maximum atomic E-state index is 13.8. The van der Waals surface area contributed by atoms with Crippen molar-refractivity contribution in [2.75, 3.05) is 11.9 Å². The minimum atomic E-state index is -0.246. The van der Waals surface area contributed by atoms with Crippen molar-refractivity contribution >= 4 is 22.4 Å². The minimum Gasteiger partial charge on any atom is -0.396 e. The second kappa shape index (κ2) is 5.77. The number of allylic oxidation sites excluding steroid dienone is 4. The van der Waals surface area contributed by atoms with Gasteiger partial charge in [-0.3, -0.25) is 0 Å². The van der Waals surface area contributed by atoms with Gasteiger partial charge in [0, 0.05) is 24.1 Å². The fourth-order valence-electron chi connectivity index (χ4n) is 3.69. The van der Waals surface area contributed by atoms with E-state index in [1.165, 1.54) is 6.07 Å². The smallest absolute Gasteiger partial charge is 0.123 e. The number of hydrogen-bond donors (Lipinski definition) is 2. The Kier molecular flexibility index (Phi) is 3.58. The summed E-state index contributed by atoms with van der Waals surface area (Å²) < 4.78 is 13.8. The molecule has 0 amide bonds. The monoisotopic (exact) mass is 319 g/mol. The lowest BCUT2D eigenvalue weighted by Crippen LogP contribution is -2.01. The average molecular weight is 319 g/mol. The number of aliphatic hydroxyl groups excluding tert-OH is 1. The predicted octanol–water partition coefficient (Wildman–Crippen LogP) is 4.85. The van der Waals surface area contributed by atoms with Gasteiger partial charge < -0.3 is 10.4 Å². The summed E-state index contributed by atoms with van der Waals surface area (Å²) in [6.45, 7) is 2.11. The Balaban J connectivity index is 2.02. The van der Waals surface area contributed by atoms with Crippen LogP contribution < -0.4 is 5.32 Å².